The molecule has 3 rings (SSSR count). The van der Waals surface area contributed by atoms with Gasteiger partial charge in [-0.3, -0.25) is 14.6 Å². The molecule has 0 bridgehead atoms. The van der Waals surface area contributed by atoms with Crippen molar-refractivity contribution in [2.45, 2.75) is 32.0 Å². The minimum absolute atomic E-state index is 0.0160. The number of hydrogen-bond acceptors (Lipinski definition) is 4. The van der Waals surface area contributed by atoms with Crippen LogP contribution in [0.25, 0.3) is 0 Å². The number of aromatic nitrogens is 1. The second-order valence-electron chi connectivity index (χ2n) is 6.07. The minimum atomic E-state index is -3.03. The van der Waals surface area contributed by atoms with Gasteiger partial charge >= 0.3 is 6.61 Å². The lowest BCUT2D eigenvalue weighted by atomic mass is 10.1. The molecule has 2 aromatic rings. The van der Waals surface area contributed by atoms with Gasteiger partial charge in [0.1, 0.15) is 11.8 Å². The number of para-hydroxylation sites is 1. The first kappa shape index (κ1) is 18.8. The molecule has 142 valence electrons. The van der Waals surface area contributed by atoms with Crippen molar-refractivity contribution in [1.29, 1.82) is 0 Å². The highest BCUT2D eigenvalue weighted by molar-refractivity contribution is 6.00. The van der Waals surface area contributed by atoms with Crippen molar-refractivity contribution in [3.05, 3.63) is 59.9 Å². The number of likely N-dealkylation sites (tertiary alicyclic amines) is 1. The van der Waals surface area contributed by atoms with Crippen LogP contribution < -0.4 is 10.1 Å². The van der Waals surface area contributed by atoms with Crippen molar-refractivity contribution >= 4 is 11.8 Å². The van der Waals surface area contributed by atoms with Crippen LogP contribution >= 0.6 is 0 Å². The van der Waals surface area contributed by atoms with Crippen molar-refractivity contribution in [2.75, 3.05) is 6.54 Å². The van der Waals surface area contributed by atoms with Crippen LogP contribution in [0.5, 0.6) is 5.75 Å². The van der Waals surface area contributed by atoms with Crippen molar-refractivity contribution in [3.63, 3.8) is 0 Å². The first-order valence-electron chi connectivity index (χ1n) is 8.58. The van der Waals surface area contributed by atoms with Gasteiger partial charge in [0.15, 0.2) is 0 Å². The molecule has 1 saturated heterocycles. The molecule has 0 saturated carbocycles. The summed E-state index contributed by atoms with van der Waals surface area (Å²) in [5.41, 5.74) is 0.722. The summed E-state index contributed by atoms with van der Waals surface area (Å²) in [6, 6.07) is 10.5. The zero-order valence-electron chi connectivity index (χ0n) is 14.5. The van der Waals surface area contributed by atoms with Gasteiger partial charge < -0.3 is 15.0 Å². The van der Waals surface area contributed by atoms with Gasteiger partial charge in [0.05, 0.1) is 17.8 Å². The van der Waals surface area contributed by atoms with Gasteiger partial charge in [-0.1, -0.05) is 18.2 Å². The molecule has 1 unspecified atom stereocenters. The number of nitrogens with zero attached hydrogens (tertiary/aromatic N) is 2. The Morgan fingerprint density at radius 3 is 2.74 bits per heavy atom. The first-order valence-corrected chi connectivity index (χ1v) is 8.58. The minimum Gasteiger partial charge on any atom is -0.434 e. The lowest BCUT2D eigenvalue weighted by molar-refractivity contribution is -0.125. The van der Waals surface area contributed by atoms with E-state index in [1.807, 2.05) is 6.07 Å². The summed E-state index contributed by atoms with van der Waals surface area (Å²) in [5, 5.41) is 2.78. The number of hydrogen-bond donors (Lipinski definition) is 1. The fraction of sp³-hybridized carbons (Fsp3) is 0.316. The molecule has 6 nitrogen and oxygen atoms in total. The summed E-state index contributed by atoms with van der Waals surface area (Å²) in [6.07, 6.45) is 2.80. The molecule has 0 spiro atoms. The zero-order valence-corrected chi connectivity index (χ0v) is 14.5. The smallest absolute Gasteiger partial charge is 0.387 e. The molecule has 0 radical (unpaired) electrons. The van der Waals surface area contributed by atoms with Crippen LogP contribution in [-0.2, 0) is 11.3 Å². The number of halogens is 2. The van der Waals surface area contributed by atoms with E-state index in [0.717, 1.165) is 0 Å². The summed E-state index contributed by atoms with van der Waals surface area (Å²) in [4.78, 5) is 30.9. The summed E-state index contributed by atoms with van der Waals surface area (Å²) < 4.78 is 29.6. The molecule has 1 aromatic carbocycles. The van der Waals surface area contributed by atoms with Gasteiger partial charge in [-0.15, -0.1) is 0 Å². The third kappa shape index (κ3) is 4.58. The Balaban J connectivity index is 1.70. The molecular formula is C19H19F2N3O3. The molecule has 1 atom stereocenters. The van der Waals surface area contributed by atoms with Crippen LogP contribution in [-0.4, -0.2) is 40.9 Å². The molecule has 0 aliphatic carbocycles. The summed E-state index contributed by atoms with van der Waals surface area (Å²) in [6.45, 7) is -2.40. The van der Waals surface area contributed by atoms with Gasteiger partial charge in [0.2, 0.25) is 5.91 Å². The average Bonchev–Trinajstić information content (AvgIpc) is 3.16. The maximum absolute atomic E-state index is 12.8. The number of amides is 2. The van der Waals surface area contributed by atoms with Crippen LogP contribution in [0.3, 0.4) is 0 Å². The SMILES string of the molecule is O=C(NCc1ccccn1)C1CCCN1C(=O)c1ccccc1OC(F)F. The Morgan fingerprint density at radius 2 is 2.00 bits per heavy atom. The predicted octanol–water partition coefficient (Wildman–Crippen LogP) is 2.60. The highest BCUT2D eigenvalue weighted by atomic mass is 19.3. The lowest BCUT2D eigenvalue weighted by Gasteiger charge is -2.24. The zero-order chi connectivity index (χ0) is 19.2. The van der Waals surface area contributed by atoms with Gasteiger partial charge in [-0.2, -0.15) is 8.78 Å². The first-order chi connectivity index (χ1) is 13.1. The van der Waals surface area contributed by atoms with E-state index in [1.54, 1.807) is 24.4 Å². The largest absolute Gasteiger partial charge is 0.434 e. The number of rotatable bonds is 6. The quantitative estimate of drug-likeness (QED) is 0.843. The van der Waals surface area contributed by atoms with Crippen LogP contribution in [0.4, 0.5) is 8.78 Å². The molecule has 27 heavy (non-hydrogen) atoms. The Kier molecular flexibility index (Phi) is 5.95. The molecule has 2 heterocycles. The number of carbonyl (C=O) groups is 2. The molecule has 1 aromatic heterocycles. The predicted molar refractivity (Wildman–Crippen MR) is 93.2 cm³/mol. The molecule has 1 aliphatic heterocycles. The second-order valence-corrected chi connectivity index (χ2v) is 6.07. The number of carbonyl (C=O) groups excluding carboxylic acids is 2. The van der Waals surface area contributed by atoms with Crippen LogP contribution in [0.15, 0.2) is 48.7 Å². The highest BCUT2D eigenvalue weighted by Crippen LogP contribution is 2.26. The standard InChI is InChI=1S/C19H19F2N3O3/c20-19(21)27-16-9-2-1-7-14(16)18(26)24-11-5-8-15(24)17(25)23-12-13-6-3-4-10-22-13/h1-4,6-7,9-10,15,19H,5,8,11-12H2,(H,23,25). The normalized spacial score (nSPS) is 16.4. The van der Waals surface area contributed by atoms with Gasteiger partial charge in [-0.25, -0.2) is 0 Å². The molecule has 1 aliphatic rings. The highest BCUT2D eigenvalue weighted by Gasteiger charge is 2.35. The van der Waals surface area contributed by atoms with Gasteiger partial charge in [0.25, 0.3) is 5.91 Å². The summed E-state index contributed by atoms with van der Waals surface area (Å²) in [5.74, 6) is -0.988. The molecule has 1 N–H and O–H groups in total. The number of alkyl halides is 2. The van der Waals surface area contributed by atoms with Crippen LogP contribution in [0.2, 0.25) is 0 Å². The topological polar surface area (TPSA) is 71.5 Å². The van der Waals surface area contributed by atoms with E-state index >= 15 is 0 Å². The van der Waals surface area contributed by atoms with E-state index in [1.165, 1.54) is 23.1 Å². The maximum atomic E-state index is 12.8. The van der Waals surface area contributed by atoms with Gasteiger partial charge in [0, 0.05) is 12.7 Å². The number of nitrogens with one attached hydrogen (secondary N) is 1. The van der Waals surface area contributed by atoms with E-state index in [-0.39, 0.29) is 23.8 Å². The van der Waals surface area contributed by atoms with Crippen molar-refractivity contribution in [2.24, 2.45) is 0 Å². The van der Waals surface area contributed by atoms with E-state index < -0.39 is 18.6 Å². The Bertz CT molecular complexity index is 802. The fourth-order valence-corrected chi connectivity index (χ4v) is 3.08. The van der Waals surface area contributed by atoms with Crippen LogP contribution in [0, 0.1) is 0 Å². The van der Waals surface area contributed by atoms with Crippen molar-refractivity contribution in [1.82, 2.24) is 15.2 Å². The molecule has 2 amide bonds. The van der Waals surface area contributed by atoms with E-state index in [2.05, 4.69) is 15.0 Å². The molecule has 1 fully saturated rings. The summed E-state index contributed by atoms with van der Waals surface area (Å²) in [7, 11) is 0. The summed E-state index contributed by atoms with van der Waals surface area (Å²) >= 11 is 0. The van der Waals surface area contributed by atoms with E-state index in [9.17, 15) is 18.4 Å². The number of pyridine rings is 1. The Hall–Kier alpha value is -3.03. The maximum Gasteiger partial charge on any atom is 0.387 e. The molecule has 8 heteroatoms. The Labute approximate surface area is 155 Å². The van der Waals surface area contributed by atoms with Crippen molar-refractivity contribution in [3.8, 4) is 5.75 Å². The van der Waals surface area contributed by atoms with Gasteiger partial charge in [-0.05, 0) is 37.1 Å². The lowest BCUT2D eigenvalue weighted by Crippen LogP contribution is -2.45. The van der Waals surface area contributed by atoms with E-state index in [0.29, 0.717) is 25.1 Å². The monoisotopic (exact) mass is 375 g/mol. The third-order valence-corrected chi connectivity index (χ3v) is 4.32. The third-order valence-electron chi connectivity index (χ3n) is 4.32. The average molecular weight is 375 g/mol. The van der Waals surface area contributed by atoms with Crippen LogP contribution in [0.1, 0.15) is 28.9 Å². The second kappa shape index (κ2) is 8.57. The fourth-order valence-electron chi connectivity index (χ4n) is 3.08. The Morgan fingerprint density at radius 1 is 1.22 bits per heavy atom. The number of benzene rings is 1. The van der Waals surface area contributed by atoms with Crippen molar-refractivity contribution < 1.29 is 23.1 Å². The molecular weight excluding hydrogens is 356 g/mol. The number of ether oxygens (including phenoxy) is 1. The van der Waals surface area contributed by atoms with E-state index in [4.69, 9.17) is 0 Å².